The Balaban J connectivity index is 1.81. The minimum absolute atomic E-state index is 0.104. The van der Waals surface area contributed by atoms with E-state index < -0.39 is 11.2 Å². The second kappa shape index (κ2) is 12.2. The summed E-state index contributed by atoms with van der Waals surface area (Å²) in [6.45, 7) is 5.69. The van der Waals surface area contributed by atoms with Crippen LogP contribution in [0.15, 0.2) is 33.9 Å². The summed E-state index contributed by atoms with van der Waals surface area (Å²) in [5, 5.41) is 2.93. The first kappa shape index (κ1) is 25.3. The van der Waals surface area contributed by atoms with Gasteiger partial charge in [0.2, 0.25) is 5.91 Å². The number of fused-ring (bicyclic) bond motifs is 1. The number of amides is 1. The number of aromatic amines is 1. The smallest absolute Gasteiger partial charge is 0.330 e. The van der Waals surface area contributed by atoms with Gasteiger partial charge in [-0.2, -0.15) is 0 Å². The van der Waals surface area contributed by atoms with Crippen molar-refractivity contribution in [2.75, 3.05) is 7.11 Å². The highest BCUT2D eigenvalue weighted by Gasteiger charge is 2.19. The van der Waals surface area contributed by atoms with Crippen molar-refractivity contribution in [3.63, 3.8) is 0 Å². The van der Waals surface area contributed by atoms with Crippen LogP contribution in [0.5, 0.6) is 5.75 Å². The molecule has 3 aromatic rings. The second-order valence-corrected chi connectivity index (χ2v) is 8.45. The molecular formula is C25H35N5O4. The first-order valence-corrected chi connectivity index (χ1v) is 12.1. The van der Waals surface area contributed by atoms with Crippen LogP contribution in [-0.4, -0.2) is 32.1 Å². The molecule has 2 aromatic heterocycles. The molecule has 0 unspecified atom stereocenters. The fourth-order valence-electron chi connectivity index (χ4n) is 3.99. The van der Waals surface area contributed by atoms with E-state index in [1.165, 1.54) is 0 Å². The zero-order chi connectivity index (χ0) is 24.5. The highest BCUT2D eigenvalue weighted by molar-refractivity contribution is 5.76. The molecule has 3 rings (SSSR count). The number of rotatable bonds is 13. The van der Waals surface area contributed by atoms with Crippen LogP contribution in [0.1, 0.15) is 63.8 Å². The SMILES string of the molecule is CCCCCn1c(CCC(=O)NCc2cccc(OC)c2)nc2c1c(=O)[nH]c(=O)n2CCCC. The Morgan fingerprint density at radius 3 is 2.59 bits per heavy atom. The van der Waals surface area contributed by atoms with Crippen molar-refractivity contribution in [1.82, 2.24) is 24.4 Å². The highest BCUT2D eigenvalue weighted by atomic mass is 16.5. The van der Waals surface area contributed by atoms with E-state index >= 15 is 0 Å². The number of nitrogens with one attached hydrogen (secondary N) is 2. The van der Waals surface area contributed by atoms with Crippen LogP contribution >= 0.6 is 0 Å². The number of hydrogen-bond donors (Lipinski definition) is 2. The van der Waals surface area contributed by atoms with E-state index in [-0.39, 0.29) is 12.3 Å². The summed E-state index contributed by atoms with van der Waals surface area (Å²) in [4.78, 5) is 44.9. The predicted octanol–water partition coefficient (Wildman–Crippen LogP) is 3.13. The molecule has 0 saturated carbocycles. The van der Waals surface area contributed by atoms with Gasteiger partial charge in [0.1, 0.15) is 11.6 Å². The summed E-state index contributed by atoms with van der Waals surface area (Å²) < 4.78 is 8.66. The van der Waals surface area contributed by atoms with Gasteiger partial charge in [0, 0.05) is 32.5 Å². The van der Waals surface area contributed by atoms with Crippen molar-refractivity contribution in [1.29, 1.82) is 0 Å². The van der Waals surface area contributed by atoms with Gasteiger partial charge < -0.3 is 14.6 Å². The molecule has 0 aliphatic heterocycles. The van der Waals surface area contributed by atoms with E-state index in [0.29, 0.717) is 43.0 Å². The van der Waals surface area contributed by atoms with Gasteiger partial charge in [-0.3, -0.25) is 19.1 Å². The Morgan fingerprint density at radius 2 is 1.85 bits per heavy atom. The molecule has 0 atom stereocenters. The molecule has 0 aliphatic rings. The number of aromatic nitrogens is 4. The lowest BCUT2D eigenvalue weighted by Gasteiger charge is -2.10. The molecular weight excluding hydrogens is 434 g/mol. The number of ether oxygens (including phenoxy) is 1. The standard InChI is InChI=1S/C25H35N5O4/c1-4-6-8-15-29-20(12-13-21(31)26-17-18-10-9-11-19(16-18)34-3)27-23-22(29)24(32)28-25(33)30(23)14-7-5-2/h9-11,16H,4-8,12-15,17H2,1-3H3,(H,26,31)(H,28,32,33). The lowest BCUT2D eigenvalue weighted by atomic mass is 10.2. The molecule has 34 heavy (non-hydrogen) atoms. The molecule has 0 bridgehead atoms. The van der Waals surface area contributed by atoms with Crippen molar-refractivity contribution in [3.05, 3.63) is 56.5 Å². The Bertz CT molecular complexity index is 1220. The third-order valence-electron chi connectivity index (χ3n) is 5.88. The van der Waals surface area contributed by atoms with Gasteiger partial charge in [0.05, 0.1) is 7.11 Å². The van der Waals surface area contributed by atoms with Crippen molar-refractivity contribution in [2.24, 2.45) is 0 Å². The molecule has 9 heteroatoms. The van der Waals surface area contributed by atoms with Crippen molar-refractivity contribution in [3.8, 4) is 5.75 Å². The average molecular weight is 470 g/mol. The maximum Gasteiger partial charge on any atom is 0.330 e. The molecule has 0 spiro atoms. The zero-order valence-electron chi connectivity index (χ0n) is 20.4. The minimum Gasteiger partial charge on any atom is -0.497 e. The van der Waals surface area contributed by atoms with Crippen LogP contribution in [0.2, 0.25) is 0 Å². The molecule has 184 valence electrons. The fourth-order valence-corrected chi connectivity index (χ4v) is 3.99. The van der Waals surface area contributed by atoms with Gasteiger partial charge >= 0.3 is 5.69 Å². The first-order valence-electron chi connectivity index (χ1n) is 12.1. The van der Waals surface area contributed by atoms with Crippen LogP contribution in [0.3, 0.4) is 0 Å². The summed E-state index contributed by atoms with van der Waals surface area (Å²) >= 11 is 0. The molecule has 9 nitrogen and oxygen atoms in total. The maximum absolute atomic E-state index is 12.7. The zero-order valence-corrected chi connectivity index (χ0v) is 20.4. The molecule has 2 heterocycles. The molecule has 1 aromatic carbocycles. The first-order chi connectivity index (χ1) is 16.5. The van der Waals surface area contributed by atoms with Crippen LogP contribution in [0.4, 0.5) is 0 Å². The Hall–Kier alpha value is -3.36. The summed E-state index contributed by atoms with van der Waals surface area (Å²) in [5.41, 5.74) is 0.910. The number of methoxy groups -OCH3 is 1. The lowest BCUT2D eigenvalue weighted by Crippen LogP contribution is -2.31. The van der Waals surface area contributed by atoms with Crippen LogP contribution < -0.4 is 21.3 Å². The number of unbranched alkanes of at least 4 members (excludes halogenated alkanes) is 3. The Kier molecular flexibility index (Phi) is 9.07. The van der Waals surface area contributed by atoms with E-state index in [2.05, 4.69) is 22.2 Å². The summed E-state index contributed by atoms with van der Waals surface area (Å²) in [6.07, 6.45) is 5.31. The number of carbonyl (C=O) groups excluding carboxylic acids is 1. The molecule has 0 fully saturated rings. The normalized spacial score (nSPS) is 11.1. The number of nitrogens with zero attached hydrogens (tertiary/aromatic N) is 3. The van der Waals surface area contributed by atoms with Crippen LogP contribution in [-0.2, 0) is 30.8 Å². The molecule has 2 N–H and O–H groups in total. The van der Waals surface area contributed by atoms with E-state index in [4.69, 9.17) is 4.74 Å². The third kappa shape index (κ3) is 6.15. The van der Waals surface area contributed by atoms with Crippen molar-refractivity contribution >= 4 is 17.1 Å². The van der Waals surface area contributed by atoms with Gasteiger partial charge in [-0.1, -0.05) is 45.2 Å². The minimum atomic E-state index is -0.438. The average Bonchev–Trinajstić information content (AvgIpc) is 3.20. The maximum atomic E-state index is 12.7. The predicted molar refractivity (Wildman–Crippen MR) is 132 cm³/mol. The molecule has 1 amide bonds. The highest BCUT2D eigenvalue weighted by Crippen LogP contribution is 2.16. The van der Waals surface area contributed by atoms with Crippen molar-refractivity contribution < 1.29 is 9.53 Å². The monoisotopic (exact) mass is 469 g/mol. The van der Waals surface area contributed by atoms with Gasteiger partial charge in [-0.05, 0) is 30.5 Å². The third-order valence-corrected chi connectivity index (χ3v) is 5.88. The second-order valence-electron chi connectivity index (χ2n) is 8.45. The summed E-state index contributed by atoms with van der Waals surface area (Å²) in [6, 6.07) is 7.55. The van der Waals surface area contributed by atoms with Gasteiger partial charge in [-0.25, -0.2) is 9.78 Å². The molecule has 0 aliphatic carbocycles. The molecule has 0 radical (unpaired) electrons. The van der Waals surface area contributed by atoms with E-state index in [1.807, 2.05) is 35.8 Å². The number of carbonyl (C=O) groups is 1. The molecule has 0 saturated heterocycles. The summed E-state index contributed by atoms with van der Waals surface area (Å²) in [7, 11) is 1.61. The van der Waals surface area contributed by atoms with E-state index in [0.717, 1.165) is 43.4 Å². The Morgan fingerprint density at radius 1 is 1.09 bits per heavy atom. The van der Waals surface area contributed by atoms with Crippen molar-refractivity contribution in [2.45, 2.75) is 78.4 Å². The largest absolute Gasteiger partial charge is 0.497 e. The number of aryl methyl sites for hydroxylation is 3. The summed E-state index contributed by atoms with van der Waals surface area (Å²) in [5.74, 6) is 1.29. The topological polar surface area (TPSA) is 111 Å². The lowest BCUT2D eigenvalue weighted by molar-refractivity contribution is -0.121. The van der Waals surface area contributed by atoms with Gasteiger partial charge in [0.15, 0.2) is 11.2 Å². The number of imidazole rings is 1. The van der Waals surface area contributed by atoms with Gasteiger partial charge in [-0.15, -0.1) is 0 Å². The van der Waals surface area contributed by atoms with Crippen LogP contribution in [0.25, 0.3) is 11.2 Å². The van der Waals surface area contributed by atoms with E-state index in [1.54, 1.807) is 11.7 Å². The number of H-pyrrole nitrogens is 1. The number of benzene rings is 1. The Labute approximate surface area is 199 Å². The quantitative estimate of drug-likeness (QED) is 0.374. The fraction of sp³-hybridized carbons (Fsp3) is 0.520. The van der Waals surface area contributed by atoms with Crippen LogP contribution in [0, 0.1) is 0 Å². The number of hydrogen-bond acceptors (Lipinski definition) is 5. The van der Waals surface area contributed by atoms with Gasteiger partial charge in [0.25, 0.3) is 5.56 Å². The van der Waals surface area contributed by atoms with E-state index in [9.17, 15) is 14.4 Å².